The molecule has 80 valence electrons. The van der Waals surface area contributed by atoms with Crippen LogP contribution in [0.4, 0.5) is 0 Å². The molecule has 0 aliphatic heterocycles. The topological polar surface area (TPSA) is 24.9 Å². The molecule has 0 atom stereocenters. The van der Waals surface area contributed by atoms with E-state index < -0.39 is 0 Å². The Hall–Kier alpha value is -0.900. The van der Waals surface area contributed by atoms with Gasteiger partial charge in [-0.15, -0.1) is 11.3 Å². The largest absolute Gasteiger partial charge is 1.00 e. The van der Waals surface area contributed by atoms with Gasteiger partial charge in [0.1, 0.15) is 0 Å². The van der Waals surface area contributed by atoms with Crippen molar-refractivity contribution in [3.05, 3.63) is 52.5 Å². The fraction of sp³-hybridized carbons (Fsp3) is 0.182. The first kappa shape index (κ1) is 12.2. The third-order valence-corrected chi connectivity index (χ3v) is 2.83. The quantitative estimate of drug-likeness (QED) is 0.774. The molecule has 4 heteroatoms. The Labute approximate surface area is 99.8 Å². The Bertz CT molecular complexity index is 361. The number of hydrogen-bond acceptors (Lipinski definition) is 3. The van der Waals surface area contributed by atoms with Crippen LogP contribution in [0.1, 0.15) is 10.4 Å². The van der Waals surface area contributed by atoms with Gasteiger partial charge in [-0.3, -0.25) is 4.98 Å². The maximum absolute atomic E-state index is 3.98. The van der Waals surface area contributed by atoms with Crippen LogP contribution in [0, 0.1) is 0 Å². The summed E-state index contributed by atoms with van der Waals surface area (Å²) in [6.45, 7) is 1.85. The maximum atomic E-state index is 3.98. The molecule has 0 aliphatic rings. The Morgan fingerprint density at radius 1 is 1.13 bits per heavy atom. The van der Waals surface area contributed by atoms with E-state index in [-0.39, 0.29) is 12.4 Å². The van der Waals surface area contributed by atoms with Crippen molar-refractivity contribution in [2.75, 3.05) is 0 Å². The third-order valence-electron chi connectivity index (χ3n) is 1.96. The molecule has 0 aromatic carbocycles. The first-order valence-corrected chi connectivity index (χ1v) is 5.45. The summed E-state index contributed by atoms with van der Waals surface area (Å²) in [5, 5.41) is 5.49. The zero-order valence-electron chi connectivity index (χ0n) is 8.19. The van der Waals surface area contributed by atoms with E-state index in [2.05, 4.69) is 27.8 Å². The average Bonchev–Trinajstić information content (AvgIpc) is 2.72. The molecule has 1 N–H and O–H groups in total. The smallest absolute Gasteiger partial charge is 0.0302 e. The summed E-state index contributed by atoms with van der Waals surface area (Å²) in [6.07, 6.45) is 3.64. The van der Waals surface area contributed by atoms with Crippen molar-refractivity contribution >= 4 is 11.3 Å². The number of rotatable bonds is 4. The van der Waals surface area contributed by atoms with Gasteiger partial charge >= 0.3 is 0 Å². The molecule has 0 unspecified atom stereocenters. The highest BCUT2D eigenvalue weighted by Gasteiger charge is 1.93. The van der Waals surface area contributed by atoms with E-state index in [0.29, 0.717) is 0 Å². The van der Waals surface area contributed by atoms with Crippen LogP contribution in [0.15, 0.2) is 42.0 Å². The molecule has 0 radical (unpaired) electrons. The van der Waals surface area contributed by atoms with Crippen LogP contribution in [0.2, 0.25) is 0 Å². The molecule has 2 aromatic rings. The lowest BCUT2D eigenvalue weighted by Crippen LogP contribution is -3.00. The molecule has 0 saturated carbocycles. The molecule has 2 heterocycles. The van der Waals surface area contributed by atoms with Gasteiger partial charge in [-0.05, 0) is 29.1 Å². The number of pyridine rings is 1. The Morgan fingerprint density at radius 3 is 2.60 bits per heavy atom. The fourth-order valence-corrected chi connectivity index (χ4v) is 1.92. The molecule has 2 rings (SSSR count). The minimum Gasteiger partial charge on any atom is -1.00 e. The SMILES string of the molecule is [Cl-].c1csc(CNCc2ccncc2)c1. The van der Waals surface area contributed by atoms with Crippen LogP contribution < -0.4 is 17.7 Å². The Balaban J connectivity index is 0.00000112. The van der Waals surface area contributed by atoms with Crippen LogP contribution in [0.25, 0.3) is 0 Å². The highest BCUT2D eigenvalue weighted by atomic mass is 35.5. The predicted molar refractivity (Wildman–Crippen MR) is 59.1 cm³/mol. The van der Waals surface area contributed by atoms with E-state index in [1.165, 1.54) is 10.4 Å². The first-order valence-electron chi connectivity index (χ1n) is 4.57. The van der Waals surface area contributed by atoms with Gasteiger partial charge in [0.25, 0.3) is 0 Å². The van der Waals surface area contributed by atoms with Gasteiger partial charge in [0.05, 0.1) is 0 Å². The van der Waals surface area contributed by atoms with E-state index in [4.69, 9.17) is 0 Å². The highest BCUT2D eigenvalue weighted by molar-refractivity contribution is 7.09. The lowest BCUT2D eigenvalue weighted by molar-refractivity contribution is -0.00000284. The summed E-state index contributed by atoms with van der Waals surface area (Å²) in [5.74, 6) is 0. The number of thiophene rings is 1. The number of halogens is 1. The molecule has 0 saturated heterocycles. The second-order valence-electron chi connectivity index (χ2n) is 3.04. The first-order chi connectivity index (χ1) is 6.95. The number of nitrogens with one attached hydrogen (secondary N) is 1. The highest BCUT2D eigenvalue weighted by Crippen LogP contribution is 2.07. The molecule has 2 nitrogen and oxygen atoms in total. The van der Waals surface area contributed by atoms with Crippen molar-refractivity contribution in [1.29, 1.82) is 0 Å². The molecule has 0 bridgehead atoms. The number of hydrogen-bond donors (Lipinski definition) is 1. The lowest BCUT2D eigenvalue weighted by atomic mass is 10.3. The van der Waals surface area contributed by atoms with Crippen molar-refractivity contribution in [2.24, 2.45) is 0 Å². The Morgan fingerprint density at radius 2 is 1.93 bits per heavy atom. The summed E-state index contributed by atoms with van der Waals surface area (Å²) < 4.78 is 0. The minimum atomic E-state index is 0. The average molecular weight is 240 g/mol. The second kappa shape index (κ2) is 6.56. The minimum absolute atomic E-state index is 0. The van der Waals surface area contributed by atoms with E-state index >= 15 is 0 Å². The normalized spacial score (nSPS) is 9.60. The summed E-state index contributed by atoms with van der Waals surface area (Å²) in [6, 6.07) is 8.28. The third kappa shape index (κ3) is 4.00. The van der Waals surface area contributed by atoms with E-state index in [0.717, 1.165) is 13.1 Å². The lowest BCUT2D eigenvalue weighted by Gasteiger charge is -2.02. The van der Waals surface area contributed by atoms with Gasteiger partial charge in [-0.1, -0.05) is 6.07 Å². The zero-order valence-corrected chi connectivity index (χ0v) is 9.76. The van der Waals surface area contributed by atoms with Gasteiger partial charge in [-0.25, -0.2) is 0 Å². The van der Waals surface area contributed by atoms with E-state index in [1.807, 2.05) is 24.5 Å². The summed E-state index contributed by atoms with van der Waals surface area (Å²) in [7, 11) is 0. The molecule has 0 amide bonds. The van der Waals surface area contributed by atoms with Crippen LogP contribution in [0.3, 0.4) is 0 Å². The van der Waals surface area contributed by atoms with E-state index in [1.54, 1.807) is 11.3 Å². The van der Waals surface area contributed by atoms with Gasteiger partial charge in [-0.2, -0.15) is 0 Å². The summed E-state index contributed by atoms with van der Waals surface area (Å²) >= 11 is 1.78. The predicted octanol–water partition coefficient (Wildman–Crippen LogP) is -0.563. The van der Waals surface area contributed by atoms with Crippen LogP contribution in [0.5, 0.6) is 0 Å². The molecular weight excluding hydrogens is 228 g/mol. The fourth-order valence-electron chi connectivity index (χ4n) is 1.24. The molecule has 2 aromatic heterocycles. The molecule has 0 spiro atoms. The summed E-state index contributed by atoms with van der Waals surface area (Å²) in [4.78, 5) is 5.35. The van der Waals surface area contributed by atoms with Gasteiger partial charge in [0.2, 0.25) is 0 Å². The maximum Gasteiger partial charge on any atom is 0.0302 e. The van der Waals surface area contributed by atoms with Gasteiger partial charge in [0.15, 0.2) is 0 Å². The zero-order chi connectivity index (χ0) is 9.64. The van der Waals surface area contributed by atoms with Crippen molar-refractivity contribution in [3.63, 3.8) is 0 Å². The van der Waals surface area contributed by atoms with Crippen LogP contribution in [-0.4, -0.2) is 4.98 Å². The molecule has 0 aliphatic carbocycles. The van der Waals surface area contributed by atoms with Crippen molar-refractivity contribution in [3.8, 4) is 0 Å². The van der Waals surface area contributed by atoms with Crippen LogP contribution in [-0.2, 0) is 13.1 Å². The standard InChI is InChI=1S/C11H12N2S.ClH/c1-2-11(14-7-1)9-13-8-10-3-5-12-6-4-10;/h1-7,13H,8-9H2;1H/p-1. The van der Waals surface area contributed by atoms with E-state index in [9.17, 15) is 0 Å². The second-order valence-corrected chi connectivity index (χ2v) is 4.07. The van der Waals surface area contributed by atoms with Crippen molar-refractivity contribution in [2.45, 2.75) is 13.1 Å². The van der Waals surface area contributed by atoms with Crippen molar-refractivity contribution in [1.82, 2.24) is 10.3 Å². The molecular formula is C11H12ClN2S-. The monoisotopic (exact) mass is 239 g/mol. The van der Waals surface area contributed by atoms with Crippen molar-refractivity contribution < 1.29 is 12.4 Å². The molecule has 15 heavy (non-hydrogen) atoms. The number of aromatic nitrogens is 1. The molecule has 0 fully saturated rings. The number of nitrogens with zero attached hydrogens (tertiary/aromatic N) is 1. The van der Waals surface area contributed by atoms with Crippen LogP contribution >= 0.6 is 11.3 Å². The Kier molecular flexibility index (Phi) is 5.32. The van der Waals surface area contributed by atoms with Gasteiger partial charge < -0.3 is 17.7 Å². The summed E-state index contributed by atoms with van der Waals surface area (Å²) in [5.41, 5.74) is 1.27. The van der Waals surface area contributed by atoms with Gasteiger partial charge in [0, 0.05) is 30.4 Å².